The summed E-state index contributed by atoms with van der Waals surface area (Å²) in [6.45, 7) is 1.07. The zero-order valence-electron chi connectivity index (χ0n) is 15.1. The highest BCUT2D eigenvalue weighted by atomic mass is 19.2. The number of hydrogen-bond donors (Lipinski definition) is 2. The lowest BCUT2D eigenvalue weighted by Crippen LogP contribution is -2.44. The van der Waals surface area contributed by atoms with Crippen LogP contribution in [0.1, 0.15) is 18.4 Å². The first-order valence-electron chi connectivity index (χ1n) is 8.95. The summed E-state index contributed by atoms with van der Waals surface area (Å²) in [5, 5.41) is 5.35. The highest BCUT2D eigenvalue weighted by Crippen LogP contribution is 2.19. The number of likely N-dealkylation sites (tertiary alicyclic amines) is 1. The molecule has 2 N–H and O–H groups in total. The fraction of sp³-hybridized carbons (Fsp3) is 0.300. The van der Waals surface area contributed by atoms with Gasteiger partial charge in [0.25, 0.3) is 0 Å². The van der Waals surface area contributed by atoms with Crippen LogP contribution >= 0.6 is 0 Å². The number of urea groups is 1. The van der Waals surface area contributed by atoms with Crippen LogP contribution in [-0.2, 0) is 11.3 Å². The number of hydrogen-bond acceptors (Lipinski definition) is 2. The summed E-state index contributed by atoms with van der Waals surface area (Å²) in [6, 6.07) is 8.63. The topological polar surface area (TPSA) is 61.4 Å². The highest BCUT2D eigenvalue weighted by molar-refractivity contribution is 5.89. The van der Waals surface area contributed by atoms with Crippen molar-refractivity contribution in [2.45, 2.75) is 19.4 Å². The van der Waals surface area contributed by atoms with Crippen molar-refractivity contribution in [2.24, 2.45) is 5.92 Å². The Bertz CT molecular complexity index is 850. The van der Waals surface area contributed by atoms with Crippen molar-refractivity contribution in [3.63, 3.8) is 0 Å². The van der Waals surface area contributed by atoms with Gasteiger partial charge in [-0.2, -0.15) is 0 Å². The van der Waals surface area contributed by atoms with Crippen molar-refractivity contribution in [2.75, 3.05) is 18.4 Å². The molecule has 0 atom stereocenters. The van der Waals surface area contributed by atoms with E-state index in [4.69, 9.17) is 0 Å². The molecular weight excluding hydrogens is 371 g/mol. The van der Waals surface area contributed by atoms with Gasteiger partial charge in [-0.25, -0.2) is 18.0 Å². The number of piperidine rings is 1. The summed E-state index contributed by atoms with van der Waals surface area (Å²) in [7, 11) is 0. The number of nitrogens with one attached hydrogen (secondary N) is 2. The normalized spacial score (nSPS) is 14.6. The quantitative estimate of drug-likeness (QED) is 0.836. The molecule has 1 aliphatic heterocycles. The van der Waals surface area contributed by atoms with Gasteiger partial charge in [0.1, 0.15) is 5.82 Å². The number of halogens is 3. The second kappa shape index (κ2) is 8.77. The molecular formula is C20H20F3N3O2. The molecule has 0 spiro atoms. The van der Waals surface area contributed by atoms with Gasteiger partial charge in [0.15, 0.2) is 11.6 Å². The summed E-state index contributed by atoms with van der Waals surface area (Å²) < 4.78 is 39.1. The molecule has 0 aromatic heterocycles. The van der Waals surface area contributed by atoms with Crippen LogP contribution in [0.15, 0.2) is 42.5 Å². The molecule has 0 bridgehead atoms. The van der Waals surface area contributed by atoms with Crippen molar-refractivity contribution in [1.82, 2.24) is 10.2 Å². The number of anilines is 1. The molecule has 1 fully saturated rings. The Kier molecular flexibility index (Phi) is 6.18. The van der Waals surface area contributed by atoms with Gasteiger partial charge in [0.2, 0.25) is 5.91 Å². The smallest absolute Gasteiger partial charge is 0.321 e. The molecule has 5 nitrogen and oxygen atoms in total. The lowest BCUT2D eigenvalue weighted by atomic mass is 9.96. The van der Waals surface area contributed by atoms with Crippen molar-refractivity contribution < 1.29 is 22.8 Å². The number of carbonyl (C=O) groups is 2. The molecule has 2 aromatic rings. The Hall–Kier alpha value is -3.03. The summed E-state index contributed by atoms with van der Waals surface area (Å²) in [6.07, 6.45) is 1.00. The lowest BCUT2D eigenvalue weighted by molar-refractivity contribution is -0.126. The van der Waals surface area contributed by atoms with Crippen LogP contribution in [0.3, 0.4) is 0 Å². The van der Waals surface area contributed by atoms with E-state index in [1.54, 1.807) is 12.1 Å². The van der Waals surface area contributed by atoms with E-state index in [1.807, 2.05) is 0 Å². The van der Waals surface area contributed by atoms with Gasteiger partial charge in [-0.05, 0) is 42.7 Å². The number of nitrogens with zero attached hydrogens (tertiary/aromatic N) is 1. The maximum absolute atomic E-state index is 13.2. The zero-order chi connectivity index (χ0) is 20.1. The van der Waals surface area contributed by atoms with Gasteiger partial charge in [-0.3, -0.25) is 4.79 Å². The van der Waals surface area contributed by atoms with Gasteiger partial charge in [-0.15, -0.1) is 0 Å². The molecule has 0 unspecified atom stereocenters. The predicted molar refractivity (Wildman–Crippen MR) is 97.9 cm³/mol. The van der Waals surface area contributed by atoms with E-state index in [0.29, 0.717) is 32.5 Å². The number of amides is 3. The van der Waals surface area contributed by atoms with Crippen LogP contribution in [0.4, 0.5) is 23.7 Å². The van der Waals surface area contributed by atoms with Crippen LogP contribution in [-0.4, -0.2) is 29.9 Å². The van der Waals surface area contributed by atoms with Crippen LogP contribution in [0, 0.1) is 23.4 Å². The third-order valence-corrected chi connectivity index (χ3v) is 4.70. The van der Waals surface area contributed by atoms with E-state index in [1.165, 1.54) is 23.1 Å². The zero-order valence-corrected chi connectivity index (χ0v) is 15.1. The fourth-order valence-electron chi connectivity index (χ4n) is 3.06. The van der Waals surface area contributed by atoms with Crippen LogP contribution in [0.2, 0.25) is 0 Å². The van der Waals surface area contributed by atoms with Crippen molar-refractivity contribution in [1.29, 1.82) is 0 Å². The Balaban J connectivity index is 1.45. The van der Waals surface area contributed by atoms with E-state index >= 15 is 0 Å². The first-order chi connectivity index (χ1) is 13.4. The Labute approximate surface area is 160 Å². The second-order valence-electron chi connectivity index (χ2n) is 6.66. The molecule has 28 heavy (non-hydrogen) atoms. The second-order valence-corrected chi connectivity index (χ2v) is 6.66. The summed E-state index contributed by atoms with van der Waals surface area (Å²) in [5.74, 6) is -2.67. The predicted octanol–water partition coefficient (Wildman–Crippen LogP) is 3.66. The minimum atomic E-state index is -1.03. The van der Waals surface area contributed by atoms with Gasteiger partial charge < -0.3 is 15.5 Å². The third-order valence-electron chi connectivity index (χ3n) is 4.70. The summed E-state index contributed by atoms with van der Waals surface area (Å²) >= 11 is 0. The first kappa shape index (κ1) is 19.7. The maximum atomic E-state index is 13.2. The molecule has 1 aliphatic rings. The molecule has 0 aliphatic carbocycles. The molecule has 1 heterocycles. The van der Waals surface area contributed by atoms with Crippen molar-refractivity contribution in [3.8, 4) is 0 Å². The summed E-state index contributed by atoms with van der Waals surface area (Å²) in [5.41, 5.74) is 0.973. The Morgan fingerprint density at radius 1 is 0.964 bits per heavy atom. The van der Waals surface area contributed by atoms with Crippen LogP contribution < -0.4 is 10.6 Å². The van der Waals surface area contributed by atoms with E-state index < -0.39 is 17.7 Å². The minimum absolute atomic E-state index is 0.106. The number of benzene rings is 2. The SMILES string of the molecule is O=C(NCc1ccc(F)cc1)C1CCN(C(=O)Nc2ccc(F)c(F)c2)CC1. The maximum Gasteiger partial charge on any atom is 0.321 e. The average molecular weight is 391 g/mol. The molecule has 8 heteroatoms. The van der Waals surface area contributed by atoms with E-state index in [-0.39, 0.29) is 23.3 Å². The minimum Gasteiger partial charge on any atom is -0.352 e. The van der Waals surface area contributed by atoms with Crippen molar-refractivity contribution in [3.05, 3.63) is 65.5 Å². The van der Waals surface area contributed by atoms with Gasteiger partial charge in [-0.1, -0.05) is 12.1 Å². The van der Waals surface area contributed by atoms with E-state index in [2.05, 4.69) is 10.6 Å². The molecule has 3 rings (SSSR count). The van der Waals surface area contributed by atoms with Gasteiger partial charge >= 0.3 is 6.03 Å². The van der Waals surface area contributed by atoms with Gasteiger partial charge in [0.05, 0.1) is 0 Å². The standard InChI is InChI=1S/C20H20F3N3O2/c21-15-3-1-13(2-4-15)12-24-19(27)14-7-9-26(10-8-14)20(28)25-16-5-6-17(22)18(23)11-16/h1-6,11,14H,7-10,12H2,(H,24,27)(H,25,28). The lowest BCUT2D eigenvalue weighted by Gasteiger charge is -2.31. The molecule has 1 saturated heterocycles. The fourth-order valence-corrected chi connectivity index (χ4v) is 3.06. The average Bonchev–Trinajstić information content (AvgIpc) is 2.70. The van der Waals surface area contributed by atoms with Crippen LogP contribution in [0.25, 0.3) is 0 Å². The molecule has 3 amide bonds. The third kappa shape index (κ3) is 5.03. The number of rotatable bonds is 4. The van der Waals surface area contributed by atoms with Crippen molar-refractivity contribution >= 4 is 17.6 Å². The summed E-state index contributed by atoms with van der Waals surface area (Å²) in [4.78, 5) is 26.1. The molecule has 148 valence electrons. The Morgan fingerprint density at radius 3 is 2.29 bits per heavy atom. The molecule has 0 radical (unpaired) electrons. The molecule has 0 saturated carbocycles. The van der Waals surface area contributed by atoms with Gasteiger partial charge in [0, 0.05) is 37.3 Å². The monoisotopic (exact) mass is 391 g/mol. The van der Waals surface area contributed by atoms with E-state index in [9.17, 15) is 22.8 Å². The molecule has 2 aromatic carbocycles. The first-order valence-corrected chi connectivity index (χ1v) is 8.95. The largest absolute Gasteiger partial charge is 0.352 e. The van der Waals surface area contributed by atoms with E-state index in [0.717, 1.165) is 17.7 Å². The Morgan fingerprint density at radius 2 is 1.64 bits per heavy atom. The number of carbonyl (C=O) groups excluding carboxylic acids is 2. The van der Waals surface area contributed by atoms with Crippen LogP contribution in [0.5, 0.6) is 0 Å². The highest BCUT2D eigenvalue weighted by Gasteiger charge is 2.27.